The van der Waals surface area contributed by atoms with Gasteiger partial charge in [-0.15, -0.1) is 0 Å². The molecule has 0 radical (unpaired) electrons. The minimum atomic E-state index is -1.85. The standard InChI is InChI=1S/C70H92ClN17O14/c1-39(2)31-52(61(94)82-51(15-9-28-77-69(73)74)68(101)88-30-10-16-58(88)67(100)79-40(3)59(72)92)83-60(93)50(14-8-29-78-70(75)102)81-63(96)54(34-43-20-25-49(91)26-21-43)86-66(99)57(38-89)87-65(98)56(36-45-11-7-27-76-37-45)85-64(97)55(33-42-18-23-48(71)24-19-42)84-62(95)53(80-41(4)90)35-44-17-22-46-12-5-6-13-47(46)32-44/h5-7,11-13,17-27,32,37,39-40,50-58,89,91H,8-10,14-16,28-31,33-36,38H2,1-4H3,(H2,72,92)(H,79,100)(H,80,90)(H,81,96)(H,82,94)(H,83,93)(H,84,95)(H,85,97)(H,86,99)(H,87,98)(H4,73,74,77)(H3,75,78,102)/t40-,50-,51+,52+,53-,54+,55-,56+,57+,58+/m1/s1. The molecule has 31 nitrogen and oxygen atoms in total. The van der Waals surface area contributed by atoms with Crippen molar-refractivity contribution in [2.75, 3.05) is 26.2 Å². The molecule has 1 saturated heterocycles. The van der Waals surface area contributed by atoms with Crippen LogP contribution in [0.4, 0.5) is 4.79 Å². The van der Waals surface area contributed by atoms with E-state index < -0.39 is 138 Å². The van der Waals surface area contributed by atoms with Crippen molar-refractivity contribution in [1.29, 1.82) is 0 Å². The maximum Gasteiger partial charge on any atom is 0.312 e. The zero-order valence-electron chi connectivity index (χ0n) is 57.2. The fourth-order valence-electron chi connectivity index (χ4n) is 11.4. The predicted octanol–water partition coefficient (Wildman–Crippen LogP) is -0.716. The van der Waals surface area contributed by atoms with Gasteiger partial charge in [0.25, 0.3) is 0 Å². The monoisotopic (exact) mass is 1430 g/mol. The number of pyridine rings is 1. The maximum atomic E-state index is 14.9. The first-order valence-corrected chi connectivity index (χ1v) is 33.8. The number of rotatable bonds is 38. The summed E-state index contributed by atoms with van der Waals surface area (Å²) < 4.78 is 0. The summed E-state index contributed by atoms with van der Waals surface area (Å²) in [6.07, 6.45) is 2.70. The Bertz CT molecular complexity index is 3770. The Kier molecular flexibility index (Phi) is 31.2. The van der Waals surface area contributed by atoms with Crippen molar-refractivity contribution in [2.45, 2.75) is 159 Å². The highest BCUT2D eigenvalue weighted by Crippen LogP contribution is 2.22. The molecule has 1 fully saturated rings. The van der Waals surface area contributed by atoms with Crippen LogP contribution in [-0.2, 0) is 78.4 Å². The third kappa shape index (κ3) is 26.0. The third-order valence-electron chi connectivity index (χ3n) is 16.7. The Morgan fingerprint density at radius 1 is 0.569 bits per heavy atom. The zero-order valence-corrected chi connectivity index (χ0v) is 58.0. The second kappa shape index (κ2) is 39.7. The minimum Gasteiger partial charge on any atom is -0.508 e. The van der Waals surface area contributed by atoms with E-state index in [1.165, 1.54) is 55.4 Å². The molecule has 6 rings (SSSR count). The van der Waals surface area contributed by atoms with Crippen molar-refractivity contribution in [3.8, 4) is 5.75 Å². The number of hydrogen-bond donors (Lipinski definition) is 16. The number of nitrogens with two attached hydrogens (primary N) is 4. The van der Waals surface area contributed by atoms with Crippen LogP contribution in [-0.4, -0.2) is 184 Å². The van der Waals surface area contributed by atoms with E-state index >= 15 is 0 Å². The molecule has 548 valence electrons. The fourth-order valence-corrected chi connectivity index (χ4v) is 11.5. The molecule has 2 heterocycles. The average molecular weight is 1430 g/mol. The summed E-state index contributed by atoms with van der Waals surface area (Å²) in [5.41, 5.74) is 23.9. The summed E-state index contributed by atoms with van der Waals surface area (Å²) in [6.45, 7) is 5.15. The number of phenols is 1. The number of phenolic OH excluding ortho intramolecular Hbond substituents is 1. The van der Waals surface area contributed by atoms with Crippen molar-refractivity contribution in [3.05, 3.63) is 143 Å². The number of guanidine groups is 1. The Morgan fingerprint density at radius 2 is 1.07 bits per heavy atom. The predicted molar refractivity (Wildman–Crippen MR) is 378 cm³/mol. The number of aromatic hydroxyl groups is 1. The molecule has 13 amide bonds. The molecule has 0 aliphatic carbocycles. The molecule has 0 saturated carbocycles. The molecule has 1 aromatic heterocycles. The number of hydrogen-bond acceptors (Lipinski definition) is 16. The number of aliphatic imine (C=N–C) groups is 1. The van der Waals surface area contributed by atoms with Gasteiger partial charge in [0.2, 0.25) is 65.0 Å². The van der Waals surface area contributed by atoms with Crippen molar-refractivity contribution in [1.82, 2.24) is 63.1 Å². The lowest BCUT2D eigenvalue weighted by molar-refractivity contribution is -0.142. The summed E-state index contributed by atoms with van der Waals surface area (Å²) in [5.74, 6) is -9.82. The summed E-state index contributed by atoms with van der Waals surface area (Å²) >= 11 is 6.23. The molecule has 0 bridgehead atoms. The first-order valence-electron chi connectivity index (χ1n) is 33.5. The average Bonchev–Trinajstić information content (AvgIpc) is 1.13. The Hall–Kier alpha value is -10.9. The highest BCUT2D eigenvalue weighted by molar-refractivity contribution is 6.30. The van der Waals surface area contributed by atoms with Crippen LogP contribution in [0.15, 0.2) is 121 Å². The van der Waals surface area contributed by atoms with Gasteiger partial charge in [0, 0.05) is 69.7 Å². The number of aliphatic hydroxyl groups excluding tert-OH is 1. The third-order valence-corrected chi connectivity index (χ3v) is 16.9. The van der Waals surface area contributed by atoms with E-state index in [1.54, 1.807) is 50.2 Å². The number of nitrogens with one attached hydrogen (secondary N) is 10. The number of likely N-dealkylation sites (tertiary alicyclic amines) is 1. The van der Waals surface area contributed by atoms with Gasteiger partial charge in [-0.2, -0.15) is 0 Å². The van der Waals surface area contributed by atoms with Gasteiger partial charge in [-0.3, -0.25) is 62.7 Å². The molecular formula is C70H92ClN17O14. The maximum absolute atomic E-state index is 14.9. The molecule has 1 aliphatic rings. The molecule has 5 aromatic rings. The number of carbonyl (C=O) groups is 12. The van der Waals surface area contributed by atoms with E-state index in [-0.39, 0.29) is 101 Å². The van der Waals surface area contributed by atoms with Gasteiger partial charge >= 0.3 is 6.03 Å². The van der Waals surface area contributed by atoms with Gasteiger partial charge < -0.3 is 91.2 Å². The molecule has 32 heteroatoms. The number of primary amides is 2. The Balaban J connectivity index is 1.26. The first-order chi connectivity index (χ1) is 48.6. The van der Waals surface area contributed by atoms with Crippen molar-refractivity contribution in [3.63, 3.8) is 0 Å². The lowest BCUT2D eigenvalue weighted by Gasteiger charge is -2.31. The normalized spacial score (nSPS) is 15.2. The molecular weight excluding hydrogens is 1340 g/mol. The molecule has 1 aliphatic heterocycles. The number of nitrogens with zero attached hydrogens (tertiary/aromatic N) is 3. The number of aliphatic hydroxyl groups is 1. The van der Waals surface area contributed by atoms with Crippen LogP contribution in [0.25, 0.3) is 10.8 Å². The summed E-state index contributed by atoms with van der Waals surface area (Å²) in [5, 5.41) is 49.5. The van der Waals surface area contributed by atoms with E-state index in [2.05, 4.69) is 63.1 Å². The van der Waals surface area contributed by atoms with Crippen molar-refractivity contribution in [2.24, 2.45) is 33.8 Å². The summed E-state index contributed by atoms with van der Waals surface area (Å²) in [4.78, 5) is 176. The molecule has 10 atom stereocenters. The second-order valence-electron chi connectivity index (χ2n) is 25.4. The first kappa shape index (κ1) is 80.0. The van der Waals surface area contributed by atoms with Gasteiger partial charge in [-0.1, -0.05) is 98.2 Å². The Labute approximate surface area is 595 Å². The SMILES string of the molecule is CC(=O)N[C@H](Cc1ccc2ccccc2c1)C(=O)N[C@H](Cc1ccc(Cl)cc1)C(=O)N[C@@H](Cc1cccnc1)C(=O)N[C@@H](CO)C(=O)N[C@@H](Cc1ccc(O)cc1)C(=O)N[C@H](CCCNC(N)=O)C(=O)N[C@@H](CC(C)C)C(=O)N[C@@H](CCCN=C(N)N)C(=O)N1CCC[C@H]1C(=O)N[C@H](C)C(N)=O. The van der Waals surface area contributed by atoms with Crippen molar-refractivity contribution >= 4 is 99.3 Å². The quantitative estimate of drug-likeness (QED) is 0.0132. The molecule has 0 spiro atoms. The van der Waals surface area contributed by atoms with Crippen LogP contribution in [0.2, 0.25) is 5.02 Å². The second-order valence-corrected chi connectivity index (χ2v) is 25.8. The number of benzene rings is 4. The van der Waals surface area contributed by atoms with Gasteiger partial charge in [-0.05, 0) is 121 Å². The lowest BCUT2D eigenvalue weighted by atomic mass is 9.99. The molecule has 20 N–H and O–H groups in total. The van der Waals surface area contributed by atoms with Crippen LogP contribution in [0.5, 0.6) is 5.75 Å². The zero-order chi connectivity index (χ0) is 74.6. The summed E-state index contributed by atoms with van der Waals surface area (Å²) in [7, 11) is 0. The van der Waals surface area contributed by atoms with E-state index in [4.69, 9.17) is 34.5 Å². The molecule has 4 aromatic carbocycles. The number of amides is 13. The number of carbonyl (C=O) groups excluding carboxylic acids is 12. The van der Waals surface area contributed by atoms with E-state index in [0.29, 0.717) is 33.7 Å². The highest BCUT2D eigenvalue weighted by Gasteiger charge is 2.40. The van der Waals surface area contributed by atoms with Crippen LogP contribution in [0.1, 0.15) is 94.9 Å². The number of fused-ring (bicyclic) bond motifs is 1. The highest BCUT2D eigenvalue weighted by atomic mass is 35.5. The Morgan fingerprint density at radius 3 is 1.63 bits per heavy atom. The summed E-state index contributed by atoms with van der Waals surface area (Å²) in [6, 6.07) is 13.5. The number of urea groups is 1. The topological polar surface area (TPSA) is 498 Å². The van der Waals surface area contributed by atoms with E-state index in [1.807, 2.05) is 42.5 Å². The van der Waals surface area contributed by atoms with Gasteiger partial charge in [0.05, 0.1) is 6.61 Å². The van der Waals surface area contributed by atoms with Gasteiger partial charge in [-0.25, -0.2) is 4.79 Å². The number of halogens is 1. The van der Waals surface area contributed by atoms with E-state index in [9.17, 15) is 67.7 Å². The van der Waals surface area contributed by atoms with Gasteiger partial charge in [0.1, 0.15) is 66.2 Å². The van der Waals surface area contributed by atoms with Crippen LogP contribution in [0, 0.1) is 5.92 Å². The fraction of sp³-hybridized carbons (Fsp3) is 0.429. The van der Waals surface area contributed by atoms with Gasteiger partial charge in [0.15, 0.2) is 5.96 Å². The number of aromatic nitrogens is 1. The van der Waals surface area contributed by atoms with Crippen LogP contribution in [0.3, 0.4) is 0 Å². The van der Waals surface area contributed by atoms with Crippen LogP contribution < -0.4 is 76.1 Å². The minimum absolute atomic E-state index is 0.000209. The lowest BCUT2D eigenvalue weighted by Crippen LogP contribution is -2.61. The molecule has 0 unspecified atom stereocenters. The largest absolute Gasteiger partial charge is 0.508 e. The van der Waals surface area contributed by atoms with E-state index in [0.717, 1.165) is 10.8 Å². The van der Waals surface area contributed by atoms with Crippen LogP contribution >= 0.6 is 11.6 Å². The van der Waals surface area contributed by atoms with Crippen molar-refractivity contribution < 1.29 is 67.7 Å². The smallest absolute Gasteiger partial charge is 0.312 e. The molecule has 102 heavy (non-hydrogen) atoms.